The molecule has 0 aliphatic carbocycles. The fraction of sp³-hybridized carbons (Fsp3) is 0.600. The van der Waals surface area contributed by atoms with Crippen LogP contribution in [0.2, 0.25) is 0 Å². The molecule has 0 saturated carbocycles. The van der Waals surface area contributed by atoms with E-state index in [1.54, 1.807) is 6.20 Å². The van der Waals surface area contributed by atoms with Gasteiger partial charge < -0.3 is 10.6 Å². The second-order valence-corrected chi connectivity index (χ2v) is 5.84. The van der Waals surface area contributed by atoms with Gasteiger partial charge in [0, 0.05) is 25.0 Å². The highest BCUT2D eigenvalue weighted by molar-refractivity contribution is 5.67. The molecule has 2 aromatic rings. The number of fused-ring (bicyclic) bond motifs is 1. The van der Waals surface area contributed by atoms with Crippen molar-refractivity contribution in [1.29, 1.82) is 0 Å². The average Bonchev–Trinajstić information content (AvgIpc) is 3.07. The number of nitrogens with one attached hydrogen (secondary N) is 2. The molecule has 0 bridgehead atoms. The van der Waals surface area contributed by atoms with Crippen molar-refractivity contribution in [1.82, 2.24) is 19.9 Å². The Labute approximate surface area is 119 Å². The summed E-state index contributed by atoms with van der Waals surface area (Å²) in [5.74, 6) is 1.37. The van der Waals surface area contributed by atoms with Gasteiger partial charge in [-0.2, -0.15) is 5.10 Å². The Balaban J connectivity index is 1.70. The molecular formula is C15H23N5. The van der Waals surface area contributed by atoms with Crippen LogP contribution in [0.3, 0.4) is 0 Å². The van der Waals surface area contributed by atoms with E-state index in [2.05, 4.69) is 40.6 Å². The molecule has 5 nitrogen and oxygen atoms in total. The fourth-order valence-corrected chi connectivity index (χ4v) is 2.73. The first kappa shape index (κ1) is 13.4. The standard InChI is InChI=1S/C15H23N5/c1-11(2)13-10-14-15(18-8-9-20(14)19-13)17-7-5-12-4-3-6-16-12/h8-12,16H,3-7H2,1-2H3,(H,17,18)/t12-/m1/s1. The Kier molecular flexibility index (Phi) is 3.87. The first-order valence-corrected chi connectivity index (χ1v) is 7.55. The summed E-state index contributed by atoms with van der Waals surface area (Å²) in [6, 6.07) is 2.80. The lowest BCUT2D eigenvalue weighted by molar-refractivity contribution is 0.574. The lowest BCUT2D eigenvalue weighted by Crippen LogP contribution is -2.24. The molecule has 1 atom stereocenters. The monoisotopic (exact) mass is 273 g/mol. The van der Waals surface area contributed by atoms with Gasteiger partial charge in [0.2, 0.25) is 0 Å². The normalized spacial score (nSPS) is 19.1. The van der Waals surface area contributed by atoms with E-state index < -0.39 is 0 Å². The molecule has 20 heavy (non-hydrogen) atoms. The molecular weight excluding hydrogens is 250 g/mol. The number of anilines is 1. The molecule has 0 unspecified atom stereocenters. The molecule has 5 heteroatoms. The SMILES string of the molecule is CC(C)c1cc2c(NCC[C@H]3CCCN3)nccn2n1. The number of hydrogen-bond donors (Lipinski definition) is 2. The van der Waals surface area contributed by atoms with Crippen LogP contribution in [0, 0.1) is 0 Å². The van der Waals surface area contributed by atoms with Crippen molar-refractivity contribution in [3.63, 3.8) is 0 Å². The third-order valence-corrected chi connectivity index (χ3v) is 3.95. The van der Waals surface area contributed by atoms with E-state index >= 15 is 0 Å². The first-order chi connectivity index (χ1) is 9.74. The Morgan fingerprint density at radius 1 is 1.50 bits per heavy atom. The molecule has 3 heterocycles. The van der Waals surface area contributed by atoms with Crippen LogP contribution < -0.4 is 10.6 Å². The maximum atomic E-state index is 4.58. The minimum atomic E-state index is 0.436. The van der Waals surface area contributed by atoms with Crippen molar-refractivity contribution in [3.8, 4) is 0 Å². The third-order valence-electron chi connectivity index (χ3n) is 3.95. The van der Waals surface area contributed by atoms with Crippen LogP contribution in [0.25, 0.3) is 5.52 Å². The van der Waals surface area contributed by atoms with Gasteiger partial charge in [-0.1, -0.05) is 13.8 Å². The molecule has 108 valence electrons. The maximum Gasteiger partial charge on any atom is 0.152 e. The van der Waals surface area contributed by atoms with Crippen molar-refractivity contribution in [2.75, 3.05) is 18.4 Å². The van der Waals surface area contributed by atoms with E-state index in [1.807, 2.05) is 10.7 Å². The number of rotatable bonds is 5. The minimum Gasteiger partial charge on any atom is -0.368 e. The average molecular weight is 273 g/mol. The van der Waals surface area contributed by atoms with Crippen molar-refractivity contribution in [2.45, 2.75) is 45.1 Å². The molecule has 1 fully saturated rings. The predicted octanol–water partition coefficient (Wildman–Crippen LogP) is 2.41. The largest absolute Gasteiger partial charge is 0.368 e. The van der Waals surface area contributed by atoms with Gasteiger partial charge in [-0.3, -0.25) is 0 Å². The highest BCUT2D eigenvalue weighted by Gasteiger charge is 2.14. The number of hydrogen-bond acceptors (Lipinski definition) is 4. The smallest absolute Gasteiger partial charge is 0.152 e. The van der Waals surface area contributed by atoms with Gasteiger partial charge in [0.25, 0.3) is 0 Å². The quantitative estimate of drug-likeness (QED) is 0.878. The summed E-state index contributed by atoms with van der Waals surface area (Å²) < 4.78 is 1.92. The van der Waals surface area contributed by atoms with Gasteiger partial charge in [0.15, 0.2) is 5.82 Å². The number of nitrogens with zero attached hydrogens (tertiary/aromatic N) is 3. The summed E-state index contributed by atoms with van der Waals surface area (Å²) in [5, 5.41) is 11.6. The first-order valence-electron chi connectivity index (χ1n) is 7.55. The van der Waals surface area contributed by atoms with Crippen molar-refractivity contribution in [2.24, 2.45) is 0 Å². The van der Waals surface area contributed by atoms with Crippen LogP contribution in [-0.4, -0.2) is 33.7 Å². The molecule has 1 aliphatic heterocycles. The Morgan fingerprint density at radius 2 is 2.40 bits per heavy atom. The molecule has 0 aromatic carbocycles. The van der Waals surface area contributed by atoms with Gasteiger partial charge in [-0.05, 0) is 37.8 Å². The van der Waals surface area contributed by atoms with E-state index in [0.717, 1.165) is 30.0 Å². The van der Waals surface area contributed by atoms with Crippen LogP contribution in [0.5, 0.6) is 0 Å². The van der Waals surface area contributed by atoms with Crippen LogP contribution in [-0.2, 0) is 0 Å². The molecule has 1 aliphatic rings. The molecule has 1 saturated heterocycles. The second-order valence-electron chi connectivity index (χ2n) is 5.84. The van der Waals surface area contributed by atoms with Crippen LogP contribution in [0.4, 0.5) is 5.82 Å². The van der Waals surface area contributed by atoms with Crippen molar-refractivity contribution in [3.05, 3.63) is 24.2 Å². The van der Waals surface area contributed by atoms with Gasteiger partial charge in [0.05, 0.1) is 5.69 Å². The lowest BCUT2D eigenvalue weighted by Gasteiger charge is -2.11. The Morgan fingerprint density at radius 3 is 3.15 bits per heavy atom. The summed E-state index contributed by atoms with van der Waals surface area (Å²) in [6.07, 6.45) is 7.46. The second kappa shape index (κ2) is 5.79. The molecule has 0 spiro atoms. The predicted molar refractivity (Wildman–Crippen MR) is 81.2 cm³/mol. The van der Waals surface area contributed by atoms with Crippen molar-refractivity contribution < 1.29 is 0 Å². The fourth-order valence-electron chi connectivity index (χ4n) is 2.73. The minimum absolute atomic E-state index is 0.436. The van der Waals surface area contributed by atoms with Gasteiger partial charge in [-0.15, -0.1) is 0 Å². The summed E-state index contributed by atoms with van der Waals surface area (Å²) in [5.41, 5.74) is 2.18. The topological polar surface area (TPSA) is 54.2 Å². The van der Waals surface area contributed by atoms with E-state index in [-0.39, 0.29) is 0 Å². The third kappa shape index (κ3) is 2.77. The summed E-state index contributed by atoms with van der Waals surface area (Å²) in [6.45, 7) is 6.44. The lowest BCUT2D eigenvalue weighted by atomic mass is 10.1. The molecule has 3 rings (SSSR count). The molecule has 2 N–H and O–H groups in total. The van der Waals surface area contributed by atoms with Crippen LogP contribution in [0.15, 0.2) is 18.5 Å². The van der Waals surface area contributed by atoms with E-state index in [1.165, 1.54) is 19.4 Å². The van der Waals surface area contributed by atoms with E-state index in [4.69, 9.17) is 0 Å². The molecule has 0 amide bonds. The summed E-state index contributed by atoms with van der Waals surface area (Å²) >= 11 is 0. The molecule has 2 aromatic heterocycles. The van der Waals surface area contributed by atoms with Gasteiger partial charge in [-0.25, -0.2) is 9.50 Å². The zero-order valence-corrected chi connectivity index (χ0v) is 12.3. The number of aromatic nitrogens is 3. The zero-order valence-electron chi connectivity index (χ0n) is 12.3. The summed E-state index contributed by atoms with van der Waals surface area (Å²) in [4.78, 5) is 4.45. The Hall–Kier alpha value is -1.62. The van der Waals surface area contributed by atoms with Crippen LogP contribution in [0.1, 0.15) is 44.7 Å². The Bertz CT molecular complexity index is 569. The van der Waals surface area contributed by atoms with Crippen LogP contribution >= 0.6 is 0 Å². The van der Waals surface area contributed by atoms with E-state index in [0.29, 0.717) is 12.0 Å². The van der Waals surface area contributed by atoms with Gasteiger partial charge in [0.1, 0.15) is 5.52 Å². The molecule has 0 radical (unpaired) electrons. The summed E-state index contributed by atoms with van der Waals surface area (Å²) in [7, 11) is 0. The van der Waals surface area contributed by atoms with Crippen molar-refractivity contribution >= 4 is 11.3 Å². The maximum absolute atomic E-state index is 4.58. The highest BCUT2D eigenvalue weighted by Crippen LogP contribution is 2.20. The van der Waals surface area contributed by atoms with E-state index in [9.17, 15) is 0 Å². The zero-order chi connectivity index (χ0) is 13.9. The van der Waals surface area contributed by atoms with Gasteiger partial charge >= 0.3 is 0 Å². The highest BCUT2D eigenvalue weighted by atomic mass is 15.2.